The lowest BCUT2D eigenvalue weighted by Crippen LogP contribution is -2.53. The van der Waals surface area contributed by atoms with Gasteiger partial charge in [-0.3, -0.25) is 19.2 Å². The molecule has 4 N–H and O–H groups in total. The number of sulfonamides is 2. The molecule has 2 aromatic rings. The summed E-state index contributed by atoms with van der Waals surface area (Å²) in [4.78, 5) is 51.7. The van der Waals surface area contributed by atoms with E-state index in [2.05, 4.69) is 10.6 Å². The molecular formula is C40H54N6O10S2. The monoisotopic (exact) mass is 842 g/mol. The zero-order valence-corrected chi connectivity index (χ0v) is 34.9. The van der Waals surface area contributed by atoms with Crippen LogP contribution in [0.25, 0.3) is 12.2 Å². The summed E-state index contributed by atoms with van der Waals surface area (Å²) in [6.45, 7) is 3.58. The zero-order chi connectivity index (χ0) is 41.8. The minimum absolute atomic E-state index is 0.0713. The predicted octanol–water partition coefficient (Wildman–Crippen LogP) is 0.947. The summed E-state index contributed by atoms with van der Waals surface area (Å²) in [5, 5.41) is 26.1. The third-order valence-electron chi connectivity index (χ3n) is 13.0. The molecule has 0 spiro atoms. The number of aliphatic hydroxyl groups excluding tert-OH is 2. The van der Waals surface area contributed by atoms with Crippen molar-refractivity contribution >= 4 is 44.0 Å². The molecule has 0 bridgehead atoms. The Kier molecular flexibility index (Phi) is 11.8. The maximum Gasteiger partial charge on any atom is 0.258 e. The first kappa shape index (κ1) is 42.2. The largest absolute Gasteiger partial charge is 0.396 e. The Hall–Kier alpha value is -3.94. The van der Waals surface area contributed by atoms with Gasteiger partial charge in [0, 0.05) is 84.6 Å². The van der Waals surface area contributed by atoms with E-state index in [-0.39, 0.29) is 73.2 Å². The van der Waals surface area contributed by atoms with Crippen LogP contribution in [0.2, 0.25) is 0 Å². The first-order valence-electron chi connectivity index (χ1n) is 20.1. The van der Waals surface area contributed by atoms with Crippen molar-refractivity contribution in [2.24, 2.45) is 23.7 Å². The summed E-state index contributed by atoms with van der Waals surface area (Å²) in [6.07, 6.45) is 14.8. The van der Waals surface area contributed by atoms with Crippen molar-refractivity contribution in [1.29, 1.82) is 0 Å². The van der Waals surface area contributed by atoms with Crippen LogP contribution in [-0.2, 0) is 42.7 Å². The number of carbonyl (C=O) groups is 2. The van der Waals surface area contributed by atoms with Gasteiger partial charge in [-0.05, 0) is 76.6 Å². The van der Waals surface area contributed by atoms with Crippen LogP contribution >= 0.6 is 0 Å². The Bertz CT molecular complexity index is 2190. The molecule has 6 heterocycles. The van der Waals surface area contributed by atoms with Gasteiger partial charge in [0.25, 0.3) is 11.1 Å². The van der Waals surface area contributed by atoms with Gasteiger partial charge >= 0.3 is 0 Å². The molecule has 16 nitrogen and oxygen atoms in total. The molecule has 6 aliphatic rings. The van der Waals surface area contributed by atoms with E-state index < -0.39 is 56.0 Å². The Labute approximate surface area is 338 Å². The average molecular weight is 843 g/mol. The number of hydrogen-bond acceptors (Lipinski definition) is 10. The molecular weight excluding hydrogens is 789 g/mol. The smallest absolute Gasteiger partial charge is 0.258 e. The summed E-state index contributed by atoms with van der Waals surface area (Å²) in [7, 11) is -7.52. The van der Waals surface area contributed by atoms with Crippen LogP contribution < -0.4 is 21.8 Å². The Balaban J connectivity index is 0.000000177. The highest BCUT2D eigenvalue weighted by atomic mass is 32.2. The first-order chi connectivity index (χ1) is 27.5. The van der Waals surface area contributed by atoms with E-state index in [0.717, 1.165) is 51.0 Å². The lowest BCUT2D eigenvalue weighted by Gasteiger charge is -2.32. The van der Waals surface area contributed by atoms with Crippen LogP contribution in [0.15, 0.2) is 46.0 Å². The third kappa shape index (κ3) is 7.33. The first-order valence-corrected chi connectivity index (χ1v) is 23.8. The second kappa shape index (κ2) is 16.3. The number of amides is 2. The number of hydrogen-bond donors (Lipinski definition) is 4. The van der Waals surface area contributed by atoms with Crippen molar-refractivity contribution in [3.8, 4) is 0 Å². The molecule has 316 valence electrons. The number of carbonyl (C=O) groups excluding carboxylic acids is 2. The third-order valence-corrected chi connectivity index (χ3v) is 15.4. The van der Waals surface area contributed by atoms with Gasteiger partial charge in [0.2, 0.25) is 31.9 Å². The molecule has 0 aromatic carbocycles. The Morgan fingerprint density at radius 3 is 1.31 bits per heavy atom. The molecule has 2 saturated heterocycles. The number of aromatic nitrogens is 2. The van der Waals surface area contributed by atoms with Gasteiger partial charge in [0.1, 0.15) is 12.1 Å². The van der Waals surface area contributed by atoms with Crippen LogP contribution in [0.1, 0.15) is 87.0 Å². The fourth-order valence-electron chi connectivity index (χ4n) is 9.95. The van der Waals surface area contributed by atoms with Gasteiger partial charge in [-0.2, -0.15) is 8.61 Å². The number of fused-ring (bicyclic) bond motifs is 6. The van der Waals surface area contributed by atoms with Crippen molar-refractivity contribution in [3.05, 3.63) is 79.6 Å². The van der Waals surface area contributed by atoms with Gasteiger partial charge in [-0.25, -0.2) is 16.8 Å². The van der Waals surface area contributed by atoms with Crippen molar-refractivity contribution < 1.29 is 36.6 Å². The molecule has 2 aliphatic carbocycles. The zero-order valence-electron chi connectivity index (χ0n) is 33.2. The lowest BCUT2D eigenvalue weighted by molar-refractivity contribution is -0.128. The number of pyridine rings is 2. The molecule has 4 fully saturated rings. The molecule has 18 heteroatoms. The molecule has 8 atom stereocenters. The van der Waals surface area contributed by atoms with Gasteiger partial charge in [-0.15, -0.1) is 0 Å². The number of nitrogens with one attached hydrogen (secondary N) is 2. The minimum atomic E-state index is -3.76. The van der Waals surface area contributed by atoms with Crippen LogP contribution in [0.5, 0.6) is 0 Å². The highest BCUT2D eigenvalue weighted by Gasteiger charge is 2.60. The molecule has 8 rings (SSSR count). The molecule has 2 saturated carbocycles. The number of aliphatic hydroxyl groups is 2. The fourth-order valence-corrected chi connectivity index (χ4v) is 12.6. The van der Waals surface area contributed by atoms with Gasteiger partial charge in [-0.1, -0.05) is 24.3 Å². The highest BCUT2D eigenvalue weighted by molar-refractivity contribution is 7.88. The maximum absolute atomic E-state index is 13.0. The molecule has 2 amide bonds. The summed E-state index contributed by atoms with van der Waals surface area (Å²) in [6, 6.07) is 3.84. The van der Waals surface area contributed by atoms with Crippen molar-refractivity contribution in [1.82, 2.24) is 28.4 Å². The minimum Gasteiger partial charge on any atom is -0.396 e. The van der Waals surface area contributed by atoms with E-state index in [4.69, 9.17) is 0 Å². The van der Waals surface area contributed by atoms with E-state index in [9.17, 15) is 46.2 Å². The van der Waals surface area contributed by atoms with Gasteiger partial charge in [0.15, 0.2) is 0 Å². The van der Waals surface area contributed by atoms with E-state index in [1.165, 1.54) is 8.61 Å². The fraction of sp³-hybridized carbons (Fsp3) is 0.600. The summed E-state index contributed by atoms with van der Waals surface area (Å²) in [5.74, 6) is -2.51. The van der Waals surface area contributed by atoms with Gasteiger partial charge in [0.05, 0.1) is 24.6 Å². The number of allylic oxidation sites excluding steroid dienone is 2. The SMILES string of the molecule is C/C=C/c1ccc2n(c1=O)C[C@@H]1[C@@H](CO)[C@H](C(=O)NC3CCC3)N(S(C)(=O)=O)[C@H]21.C/C=C\c1ccc2n(c1=O)C[C@@H]1[C@@H](CO)[C@H](C(=O)NC3CCC3)N(S(C)(=O)=O)[C@H]21. The predicted molar refractivity (Wildman–Crippen MR) is 217 cm³/mol. The molecule has 2 aromatic heterocycles. The normalized spacial score (nSPS) is 29.6. The maximum atomic E-state index is 13.0. The van der Waals surface area contributed by atoms with Crippen LogP contribution in [0, 0.1) is 23.7 Å². The number of nitrogens with zero attached hydrogens (tertiary/aromatic N) is 4. The summed E-state index contributed by atoms with van der Waals surface area (Å²) < 4.78 is 56.6. The van der Waals surface area contributed by atoms with Crippen LogP contribution in [0.3, 0.4) is 0 Å². The molecule has 4 aliphatic heterocycles. The topological polar surface area (TPSA) is 217 Å². The molecule has 0 unspecified atom stereocenters. The van der Waals surface area contributed by atoms with Crippen molar-refractivity contribution in [2.75, 3.05) is 25.7 Å². The van der Waals surface area contributed by atoms with Crippen molar-refractivity contribution in [2.45, 2.75) is 102 Å². The Morgan fingerprint density at radius 1 is 0.672 bits per heavy atom. The summed E-state index contributed by atoms with van der Waals surface area (Å²) in [5.41, 5.74) is 1.85. The standard InChI is InChI=1S/2C20H27N3O5S/c2*1-3-5-12-8-9-16-17-14(10-22(16)20(12)26)15(11-24)18(23(17)29(2,27)28)19(25)21-13-6-4-7-13/h2*3,5,8-9,13-15,17-18,24H,4,6-7,10-11H2,1-2H3,(H,21,25)/b5-3+;5-3-/t2*14-,15-,17+,18-/m11/s1. The summed E-state index contributed by atoms with van der Waals surface area (Å²) >= 11 is 0. The molecule has 0 radical (unpaired) electrons. The lowest BCUT2D eigenvalue weighted by atomic mass is 9.87. The van der Waals surface area contributed by atoms with Gasteiger partial charge < -0.3 is 30.0 Å². The van der Waals surface area contributed by atoms with Crippen LogP contribution in [0.4, 0.5) is 0 Å². The van der Waals surface area contributed by atoms with Crippen LogP contribution in [-0.4, -0.2) is 107 Å². The van der Waals surface area contributed by atoms with E-state index >= 15 is 0 Å². The quantitative estimate of drug-likeness (QED) is 0.266. The van der Waals surface area contributed by atoms with E-state index in [0.29, 0.717) is 22.5 Å². The average Bonchev–Trinajstić information content (AvgIpc) is 3.86. The number of rotatable bonds is 10. The van der Waals surface area contributed by atoms with E-state index in [1.54, 1.807) is 57.7 Å². The second-order valence-corrected chi connectivity index (χ2v) is 20.3. The highest BCUT2D eigenvalue weighted by Crippen LogP contribution is 2.52. The Morgan fingerprint density at radius 2 is 1.03 bits per heavy atom. The molecule has 58 heavy (non-hydrogen) atoms. The second-order valence-electron chi connectivity index (χ2n) is 16.5. The van der Waals surface area contributed by atoms with E-state index in [1.807, 2.05) is 13.8 Å². The van der Waals surface area contributed by atoms with Crippen molar-refractivity contribution in [3.63, 3.8) is 0 Å².